The normalized spacial score (nSPS) is 6.89. The standard InChI is InChI=1S/C6H6.Al.2BrH.H/c1-2-4-6-5-3-1;;;;/h1-6H;;2*1H;/q;+2;;;/p-2. The number of hydrogen-bond acceptors (Lipinski definition) is 0. The van der Waals surface area contributed by atoms with Crippen LogP contribution in [0.5, 0.6) is 0 Å². The second kappa shape index (κ2) is 8.71. The maximum atomic E-state index is 3.20. The minimum Gasteiger partial charge on any atom is -0.203 e. The molecule has 0 unspecified atom stereocenters. The summed E-state index contributed by atoms with van der Waals surface area (Å²) in [5.41, 5.74) is 0. The van der Waals surface area contributed by atoms with Gasteiger partial charge in [-0.05, 0) is 0 Å². The molecule has 0 nitrogen and oxygen atoms in total. The molecule has 0 aliphatic rings. The zero-order chi connectivity index (χ0) is 6.95. The summed E-state index contributed by atoms with van der Waals surface area (Å²) in [6.07, 6.45) is 0. The lowest BCUT2D eigenvalue weighted by molar-refractivity contribution is 1.72. The summed E-state index contributed by atoms with van der Waals surface area (Å²) in [6, 6.07) is 12.0. The summed E-state index contributed by atoms with van der Waals surface area (Å²) in [5, 5.41) is 0. The number of benzene rings is 1. The molecule has 1 aromatic carbocycles. The molecule has 0 spiro atoms. The quantitative estimate of drug-likeness (QED) is 0.633. The van der Waals surface area contributed by atoms with Crippen LogP contribution in [0.1, 0.15) is 0 Å². The van der Waals surface area contributed by atoms with Gasteiger partial charge in [-0.3, -0.25) is 0 Å². The molecule has 0 saturated heterocycles. The first-order valence-electron chi connectivity index (χ1n) is 2.53. The van der Waals surface area contributed by atoms with E-state index in [2.05, 4.69) is 28.1 Å². The highest BCUT2D eigenvalue weighted by Gasteiger charge is 1.58. The molecule has 0 amide bonds. The van der Waals surface area contributed by atoms with Crippen molar-refractivity contribution >= 4 is 39.7 Å². The van der Waals surface area contributed by atoms with Crippen molar-refractivity contribution in [1.82, 2.24) is 0 Å². The van der Waals surface area contributed by atoms with Crippen molar-refractivity contribution in [1.29, 1.82) is 0 Å². The van der Waals surface area contributed by atoms with Gasteiger partial charge in [0.25, 0.3) is 0 Å². The summed E-state index contributed by atoms with van der Waals surface area (Å²) in [4.78, 5) is 0. The Morgan fingerprint density at radius 1 is 0.667 bits per heavy atom. The molecule has 0 aliphatic carbocycles. The highest BCUT2D eigenvalue weighted by molar-refractivity contribution is 9.47. The Kier molecular flexibility index (Phi) is 9.40. The van der Waals surface area contributed by atoms with E-state index in [1.165, 1.54) is 0 Å². The van der Waals surface area contributed by atoms with Crippen molar-refractivity contribution in [3.05, 3.63) is 36.4 Å². The lowest BCUT2D eigenvalue weighted by Gasteiger charge is -1.69. The maximum Gasteiger partial charge on any atom is 0.435 e. The number of hydrogen-bond donors (Lipinski definition) is 0. The second-order valence-corrected chi connectivity index (χ2v) is 9.34. The Bertz CT molecular complexity index is 93.9. The topological polar surface area (TPSA) is 0 Å². The van der Waals surface area contributed by atoms with Crippen molar-refractivity contribution in [2.75, 3.05) is 0 Å². The Morgan fingerprint density at radius 3 is 0.889 bits per heavy atom. The van der Waals surface area contributed by atoms with Gasteiger partial charge in [0, 0.05) is 0 Å². The SMILES string of the molecule is [Br][AlH][Br].c1ccccc1. The van der Waals surface area contributed by atoms with E-state index in [0.717, 1.165) is 0 Å². The molecule has 0 aromatic heterocycles. The van der Waals surface area contributed by atoms with E-state index in [0.29, 0.717) is 0 Å². The average molecular weight is 266 g/mol. The van der Waals surface area contributed by atoms with Crippen LogP contribution in [0, 0.1) is 0 Å². The fourth-order valence-electron chi connectivity index (χ4n) is 0.385. The molecule has 48 valence electrons. The van der Waals surface area contributed by atoms with Crippen LogP contribution >= 0.6 is 28.1 Å². The molecule has 0 N–H and O–H groups in total. The van der Waals surface area contributed by atoms with Gasteiger partial charge < -0.3 is 0 Å². The first kappa shape index (κ1) is 9.71. The van der Waals surface area contributed by atoms with Gasteiger partial charge in [0.15, 0.2) is 0 Å². The van der Waals surface area contributed by atoms with Gasteiger partial charge in [0.05, 0.1) is 0 Å². The van der Waals surface area contributed by atoms with Gasteiger partial charge in [-0.15, -0.1) is 0 Å². The molecule has 0 heterocycles. The third-order valence-corrected chi connectivity index (χ3v) is 0.667. The van der Waals surface area contributed by atoms with E-state index in [9.17, 15) is 0 Å². The lowest BCUT2D eigenvalue weighted by atomic mass is 10.4. The number of halogens is 2. The van der Waals surface area contributed by atoms with E-state index in [4.69, 9.17) is 0 Å². The molecule has 0 fully saturated rings. The van der Waals surface area contributed by atoms with Gasteiger partial charge >= 0.3 is 11.6 Å². The molecule has 3 heteroatoms. The Morgan fingerprint density at radius 2 is 0.778 bits per heavy atom. The van der Waals surface area contributed by atoms with E-state index in [1.807, 2.05) is 36.4 Å². The Hall–Kier alpha value is 0.712. The van der Waals surface area contributed by atoms with Crippen LogP contribution in [0.2, 0.25) is 0 Å². The highest BCUT2D eigenvalue weighted by atomic mass is 79.9. The van der Waals surface area contributed by atoms with Crippen LogP contribution in [-0.4, -0.2) is 11.6 Å². The maximum absolute atomic E-state index is 3.20. The zero-order valence-electron chi connectivity index (χ0n) is 4.93. The van der Waals surface area contributed by atoms with E-state index in [1.54, 1.807) is 0 Å². The fraction of sp³-hybridized carbons (Fsp3) is 0. The molecule has 1 aromatic rings. The fourth-order valence-corrected chi connectivity index (χ4v) is 0.385. The summed E-state index contributed by atoms with van der Waals surface area (Å²) < 4.78 is 0. The summed E-state index contributed by atoms with van der Waals surface area (Å²) in [7, 11) is 0. The smallest absolute Gasteiger partial charge is 0.203 e. The molecule has 0 atom stereocenters. The highest BCUT2D eigenvalue weighted by Crippen LogP contribution is 1.79. The lowest BCUT2D eigenvalue weighted by Crippen LogP contribution is -1.47. The minimum atomic E-state index is 0.0417. The molecule has 0 bridgehead atoms. The molecule has 0 radical (unpaired) electrons. The summed E-state index contributed by atoms with van der Waals surface area (Å²) in [6.45, 7) is 0. The first-order chi connectivity index (χ1) is 4.41. The Labute approximate surface area is 75.7 Å². The molecular weight excluding hydrogens is 259 g/mol. The Balaban J connectivity index is 0.000000187. The predicted octanol–water partition coefficient (Wildman–Crippen LogP) is 2.73. The second-order valence-electron chi connectivity index (χ2n) is 1.26. The van der Waals surface area contributed by atoms with Crippen LogP contribution in [0.25, 0.3) is 0 Å². The first-order valence-corrected chi connectivity index (χ1v) is 10.3. The van der Waals surface area contributed by atoms with Crippen molar-refractivity contribution in [2.24, 2.45) is 0 Å². The molecular formula is C6H7AlBr2. The minimum absolute atomic E-state index is 0.0417. The monoisotopic (exact) mass is 264 g/mol. The molecule has 0 saturated carbocycles. The van der Waals surface area contributed by atoms with Gasteiger partial charge in [0.2, 0.25) is 0 Å². The molecule has 0 aliphatic heterocycles. The van der Waals surface area contributed by atoms with E-state index in [-0.39, 0.29) is 11.6 Å². The zero-order valence-corrected chi connectivity index (χ0v) is 9.51. The van der Waals surface area contributed by atoms with Crippen LogP contribution in [0.4, 0.5) is 0 Å². The van der Waals surface area contributed by atoms with Crippen molar-refractivity contribution < 1.29 is 0 Å². The van der Waals surface area contributed by atoms with Gasteiger partial charge in [-0.25, -0.2) is 28.1 Å². The largest absolute Gasteiger partial charge is 0.435 e. The van der Waals surface area contributed by atoms with E-state index < -0.39 is 0 Å². The summed E-state index contributed by atoms with van der Waals surface area (Å²) >= 11 is 6.44. The average Bonchev–Trinajstić information content (AvgIpc) is 1.93. The molecule has 1 rings (SSSR count). The van der Waals surface area contributed by atoms with Gasteiger partial charge in [-0.2, -0.15) is 0 Å². The van der Waals surface area contributed by atoms with Crippen LogP contribution < -0.4 is 0 Å². The number of rotatable bonds is 0. The van der Waals surface area contributed by atoms with Crippen LogP contribution in [-0.2, 0) is 0 Å². The van der Waals surface area contributed by atoms with Crippen molar-refractivity contribution in [3.8, 4) is 0 Å². The van der Waals surface area contributed by atoms with E-state index >= 15 is 0 Å². The molecule has 9 heavy (non-hydrogen) atoms. The predicted molar refractivity (Wildman–Crippen MR) is 51.4 cm³/mol. The van der Waals surface area contributed by atoms with Gasteiger partial charge in [0.1, 0.15) is 0 Å². The van der Waals surface area contributed by atoms with Crippen LogP contribution in [0.3, 0.4) is 0 Å². The van der Waals surface area contributed by atoms with Crippen molar-refractivity contribution in [2.45, 2.75) is 0 Å². The third-order valence-electron chi connectivity index (χ3n) is 0.667. The summed E-state index contributed by atoms with van der Waals surface area (Å²) in [5.74, 6) is 0. The van der Waals surface area contributed by atoms with Gasteiger partial charge in [-0.1, -0.05) is 36.4 Å². The van der Waals surface area contributed by atoms with Crippen molar-refractivity contribution in [3.63, 3.8) is 0 Å². The van der Waals surface area contributed by atoms with Crippen LogP contribution in [0.15, 0.2) is 36.4 Å². The third kappa shape index (κ3) is 8.71.